The molecule has 0 amide bonds. The zero-order chi connectivity index (χ0) is 13.4. The van der Waals surface area contributed by atoms with E-state index in [0.29, 0.717) is 6.07 Å². The van der Waals surface area contributed by atoms with Crippen molar-refractivity contribution in [3.63, 3.8) is 0 Å². The minimum absolute atomic E-state index is 0.374. The summed E-state index contributed by atoms with van der Waals surface area (Å²) >= 11 is 0. The van der Waals surface area contributed by atoms with Crippen LogP contribution in [0.15, 0.2) is 6.07 Å². The van der Waals surface area contributed by atoms with Gasteiger partial charge in [-0.25, -0.2) is 13.6 Å². The van der Waals surface area contributed by atoms with Gasteiger partial charge < -0.3 is 14.9 Å². The molecule has 6 heteroatoms. The van der Waals surface area contributed by atoms with Crippen molar-refractivity contribution < 1.29 is 28.5 Å². The molecule has 0 saturated heterocycles. The number of halogens is 2. The van der Waals surface area contributed by atoms with Crippen molar-refractivity contribution in [2.75, 3.05) is 0 Å². The molecule has 0 aromatic heterocycles. The molecule has 2 N–H and O–H groups in total. The van der Waals surface area contributed by atoms with E-state index in [9.17, 15) is 18.7 Å². The first-order valence-corrected chi connectivity index (χ1v) is 4.76. The molecule has 1 rings (SSSR count). The van der Waals surface area contributed by atoms with Crippen LogP contribution in [0.2, 0.25) is 0 Å². The summed E-state index contributed by atoms with van der Waals surface area (Å²) in [7, 11) is 0. The monoisotopic (exact) mass is 246 g/mol. The summed E-state index contributed by atoms with van der Waals surface area (Å²) < 4.78 is 31.1. The van der Waals surface area contributed by atoms with Gasteiger partial charge in [0.2, 0.25) is 0 Å². The highest BCUT2D eigenvalue weighted by molar-refractivity contribution is 5.94. The number of rotatable bonds is 1. The summed E-state index contributed by atoms with van der Waals surface area (Å²) in [5.41, 5.74) is -1.95. The van der Waals surface area contributed by atoms with Crippen molar-refractivity contribution >= 4 is 5.97 Å². The van der Waals surface area contributed by atoms with Gasteiger partial charge in [-0.15, -0.1) is 0 Å². The molecule has 0 aliphatic carbocycles. The van der Waals surface area contributed by atoms with Crippen molar-refractivity contribution in [2.45, 2.75) is 26.4 Å². The largest absolute Gasteiger partial charge is 0.504 e. The fourth-order valence-corrected chi connectivity index (χ4v) is 1.12. The van der Waals surface area contributed by atoms with Crippen LogP contribution in [0.3, 0.4) is 0 Å². The second-order valence-corrected chi connectivity index (χ2v) is 4.42. The van der Waals surface area contributed by atoms with Gasteiger partial charge in [0.05, 0.1) is 0 Å². The molecule has 0 heterocycles. The Balaban J connectivity index is 3.27. The van der Waals surface area contributed by atoms with Gasteiger partial charge in [-0.1, -0.05) is 0 Å². The zero-order valence-electron chi connectivity index (χ0n) is 9.54. The lowest BCUT2D eigenvalue weighted by Crippen LogP contribution is -2.24. The number of carbonyl (C=O) groups excluding carboxylic acids is 1. The van der Waals surface area contributed by atoms with Crippen LogP contribution in [-0.4, -0.2) is 21.8 Å². The summed E-state index contributed by atoms with van der Waals surface area (Å²) in [5, 5.41) is 18.4. The fraction of sp³-hybridized carbons (Fsp3) is 0.364. The number of phenols is 2. The Bertz CT molecular complexity index is 437. The summed E-state index contributed by atoms with van der Waals surface area (Å²) in [6.07, 6.45) is 0. The first-order chi connectivity index (χ1) is 7.63. The Labute approximate surface area is 96.5 Å². The van der Waals surface area contributed by atoms with Gasteiger partial charge in [-0.05, 0) is 20.8 Å². The van der Waals surface area contributed by atoms with E-state index < -0.39 is 40.3 Å². The van der Waals surface area contributed by atoms with Gasteiger partial charge in [-0.3, -0.25) is 0 Å². The van der Waals surface area contributed by atoms with Gasteiger partial charge in [0.25, 0.3) is 0 Å². The van der Waals surface area contributed by atoms with Crippen LogP contribution in [0, 0.1) is 11.6 Å². The molecule has 17 heavy (non-hydrogen) atoms. The van der Waals surface area contributed by atoms with Crippen LogP contribution in [0.4, 0.5) is 8.78 Å². The molecular weight excluding hydrogens is 234 g/mol. The van der Waals surface area contributed by atoms with E-state index in [2.05, 4.69) is 0 Å². The molecule has 0 radical (unpaired) electrons. The minimum atomic E-state index is -1.56. The number of benzene rings is 1. The van der Waals surface area contributed by atoms with E-state index in [4.69, 9.17) is 9.84 Å². The molecule has 0 aliphatic heterocycles. The van der Waals surface area contributed by atoms with E-state index in [1.54, 1.807) is 0 Å². The van der Waals surface area contributed by atoms with Crippen LogP contribution < -0.4 is 0 Å². The number of hydrogen-bond donors (Lipinski definition) is 2. The van der Waals surface area contributed by atoms with Crippen molar-refractivity contribution in [2.24, 2.45) is 0 Å². The third kappa shape index (κ3) is 2.83. The second-order valence-electron chi connectivity index (χ2n) is 4.42. The zero-order valence-corrected chi connectivity index (χ0v) is 9.54. The molecule has 94 valence electrons. The summed E-state index contributed by atoms with van der Waals surface area (Å²) in [6, 6.07) is 0.374. The van der Waals surface area contributed by atoms with Gasteiger partial charge >= 0.3 is 5.97 Å². The van der Waals surface area contributed by atoms with Crippen molar-refractivity contribution in [3.8, 4) is 11.5 Å². The maximum Gasteiger partial charge on any atom is 0.345 e. The van der Waals surface area contributed by atoms with Crippen LogP contribution in [-0.2, 0) is 4.74 Å². The summed E-state index contributed by atoms with van der Waals surface area (Å²) in [6.45, 7) is 4.58. The summed E-state index contributed by atoms with van der Waals surface area (Å²) in [5.74, 6) is -6.22. The minimum Gasteiger partial charge on any atom is -0.504 e. The highest BCUT2D eigenvalue weighted by Crippen LogP contribution is 2.33. The predicted molar refractivity (Wildman–Crippen MR) is 54.9 cm³/mol. The van der Waals surface area contributed by atoms with Gasteiger partial charge in [0.1, 0.15) is 11.2 Å². The van der Waals surface area contributed by atoms with Crippen molar-refractivity contribution in [3.05, 3.63) is 23.3 Å². The van der Waals surface area contributed by atoms with Crippen LogP contribution >= 0.6 is 0 Å². The smallest absolute Gasteiger partial charge is 0.345 e. The Hall–Kier alpha value is -1.85. The lowest BCUT2D eigenvalue weighted by Gasteiger charge is -2.20. The Kier molecular flexibility index (Phi) is 3.26. The molecule has 1 aromatic carbocycles. The Morgan fingerprint density at radius 2 is 1.82 bits per heavy atom. The highest BCUT2D eigenvalue weighted by Gasteiger charge is 2.28. The van der Waals surface area contributed by atoms with E-state index in [1.165, 1.54) is 20.8 Å². The second kappa shape index (κ2) is 4.20. The molecule has 0 aliphatic rings. The number of aromatic hydroxyl groups is 2. The number of carbonyl (C=O) groups is 1. The lowest BCUT2D eigenvalue weighted by molar-refractivity contribution is 0.00599. The Morgan fingerprint density at radius 3 is 2.29 bits per heavy atom. The van der Waals surface area contributed by atoms with Gasteiger partial charge in [0, 0.05) is 6.07 Å². The third-order valence-electron chi connectivity index (χ3n) is 1.78. The third-order valence-corrected chi connectivity index (χ3v) is 1.78. The molecule has 0 bridgehead atoms. The van der Waals surface area contributed by atoms with E-state index in [-0.39, 0.29) is 0 Å². The molecule has 0 unspecified atom stereocenters. The van der Waals surface area contributed by atoms with Crippen molar-refractivity contribution in [1.29, 1.82) is 0 Å². The number of esters is 1. The van der Waals surface area contributed by atoms with E-state index in [0.717, 1.165) is 0 Å². The molecule has 0 saturated carbocycles. The molecule has 0 spiro atoms. The first kappa shape index (κ1) is 13.2. The summed E-state index contributed by atoms with van der Waals surface area (Å²) in [4.78, 5) is 11.5. The molecule has 0 atom stereocenters. The van der Waals surface area contributed by atoms with E-state index in [1.807, 2.05) is 0 Å². The van der Waals surface area contributed by atoms with Gasteiger partial charge in [0.15, 0.2) is 23.1 Å². The normalized spacial score (nSPS) is 11.4. The number of ether oxygens (including phenoxy) is 1. The highest BCUT2D eigenvalue weighted by atomic mass is 19.2. The van der Waals surface area contributed by atoms with Gasteiger partial charge in [-0.2, -0.15) is 0 Å². The maximum absolute atomic E-state index is 13.3. The standard InChI is InChI=1S/C11H12F2O4/c1-11(2,3)17-10(16)7-8(13)5(12)4-6(14)9(7)15/h4,14-15H,1-3H3. The first-order valence-electron chi connectivity index (χ1n) is 4.76. The molecule has 0 fully saturated rings. The fourth-order valence-electron chi connectivity index (χ4n) is 1.12. The topological polar surface area (TPSA) is 66.8 Å². The van der Waals surface area contributed by atoms with Crippen molar-refractivity contribution in [1.82, 2.24) is 0 Å². The number of hydrogen-bond acceptors (Lipinski definition) is 4. The Morgan fingerprint density at radius 1 is 1.29 bits per heavy atom. The van der Waals surface area contributed by atoms with Crippen LogP contribution in [0.25, 0.3) is 0 Å². The maximum atomic E-state index is 13.3. The average Bonchev–Trinajstić information content (AvgIpc) is 2.12. The SMILES string of the molecule is CC(C)(C)OC(=O)c1c(O)c(O)cc(F)c1F. The molecule has 1 aromatic rings. The number of phenolic OH excluding ortho intramolecular Hbond substituents is 2. The lowest BCUT2D eigenvalue weighted by atomic mass is 10.1. The quantitative estimate of drug-likeness (QED) is 0.589. The van der Waals surface area contributed by atoms with Crippen LogP contribution in [0.5, 0.6) is 11.5 Å². The molecule has 4 nitrogen and oxygen atoms in total. The van der Waals surface area contributed by atoms with Crippen LogP contribution in [0.1, 0.15) is 31.1 Å². The predicted octanol–water partition coefficient (Wildman–Crippen LogP) is 2.33. The average molecular weight is 246 g/mol. The molecular formula is C11H12F2O4. The van der Waals surface area contributed by atoms with E-state index >= 15 is 0 Å².